The number of nitrogens with zero attached hydrogens (tertiary/aromatic N) is 3. The zero-order chi connectivity index (χ0) is 17.9. The van der Waals surface area contributed by atoms with Crippen LogP contribution in [-0.4, -0.2) is 28.6 Å². The molecule has 3 aliphatic rings. The molecular formula is C19H19N3O4. The summed E-state index contributed by atoms with van der Waals surface area (Å²) in [7, 11) is 0. The predicted molar refractivity (Wildman–Crippen MR) is 94.4 cm³/mol. The van der Waals surface area contributed by atoms with Crippen LogP contribution in [0.15, 0.2) is 46.0 Å². The zero-order valence-electron chi connectivity index (χ0n) is 14.3. The number of benzene rings is 1. The normalized spacial score (nSPS) is 19.8. The molecule has 0 saturated heterocycles. The third-order valence-electron chi connectivity index (χ3n) is 4.63. The first kappa shape index (κ1) is 16.7. The fraction of sp³-hybridized carbons (Fsp3) is 0.368. The lowest BCUT2D eigenvalue weighted by molar-refractivity contribution is -0.332. The number of carbonyl (C=O) groups excluding carboxylic acids is 2. The summed E-state index contributed by atoms with van der Waals surface area (Å²) in [6.07, 6.45) is 8.87. The molecule has 0 bridgehead atoms. The largest absolute Gasteiger partial charge is 0.356 e. The number of imide groups is 1. The third kappa shape index (κ3) is 3.30. The first-order valence-corrected chi connectivity index (χ1v) is 8.89. The molecule has 0 unspecified atom stereocenters. The van der Waals surface area contributed by atoms with Crippen molar-refractivity contribution in [3.8, 4) is 0 Å². The van der Waals surface area contributed by atoms with Crippen molar-refractivity contribution in [2.45, 2.75) is 44.9 Å². The Morgan fingerprint density at radius 3 is 2.27 bits per heavy atom. The Hall–Kier alpha value is -2.80. The number of fused-ring (bicyclic) bond motifs is 1. The van der Waals surface area contributed by atoms with Crippen LogP contribution in [0.1, 0.15) is 65.7 Å². The van der Waals surface area contributed by atoms with Crippen molar-refractivity contribution < 1.29 is 19.5 Å². The second-order valence-electron chi connectivity index (χ2n) is 6.48. The van der Waals surface area contributed by atoms with E-state index in [0.29, 0.717) is 16.2 Å². The van der Waals surface area contributed by atoms with Gasteiger partial charge < -0.3 is 0 Å². The standard InChI is InChI=1S/C19H19N3O4/c23-17-15-11-5-6-12-16(15)18(24)22(17)26-25-19(20-13-7-1-2-8-13)21-14-9-3-4-10-14/h5-7,11-12H,1-4,8-10H2. The van der Waals surface area contributed by atoms with Gasteiger partial charge in [0.1, 0.15) is 0 Å². The molecule has 4 rings (SSSR count). The Morgan fingerprint density at radius 1 is 0.962 bits per heavy atom. The molecule has 0 N–H and O–H groups in total. The van der Waals surface area contributed by atoms with E-state index in [1.165, 1.54) is 0 Å². The average molecular weight is 353 g/mol. The lowest BCUT2D eigenvalue weighted by Gasteiger charge is -2.11. The quantitative estimate of drug-likeness (QED) is 0.273. The summed E-state index contributed by atoms with van der Waals surface area (Å²) in [6.45, 7) is 0. The van der Waals surface area contributed by atoms with Gasteiger partial charge in [-0.05, 0) is 62.1 Å². The van der Waals surface area contributed by atoms with Crippen LogP contribution in [0.2, 0.25) is 0 Å². The van der Waals surface area contributed by atoms with E-state index in [1.54, 1.807) is 24.3 Å². The first-order chi connectivity index (χ1) is 12.7. The number of allylic oxidation sites excluding steroid dienone is 2. The lowest BCUT2D eigenvalue weighted by Crippen LogP contribution is -2.31. The molecule has 0 spiro atoms. The van der Waals surface area contributed by atoms with Gasteiger partial charge in [0.25, 0.3) is 11.8 Å². The summed E-state index contributed by atoms with van der Waals surface area (Å²) in [5.74, 6) is -1.11. The second-order valence-corrected chi connectivity index (χ2v) is 6.48. The minimum atomic E-state index is -0.557. The molecule has 0 atom stereocenters. The van der Waals surface area contributed by atoms with Crippen LogP contribution in [-0.2, 0) is 9.88 Å². The maximum atomic E-state index is 12.3. The van der Waals surface area contributed by atoms with E-state index >= 15 is 0 Å². The number of hydrogen-bond donors (Lipinski definition) is 0. The number of carbonyl (C=O) groups is 2. The SMILES string of the molecule is O=C1c2ccccc2C(=O)N1OOC(N=C1CCCC1)=NC1=CCCC1. The second kappa shape index (κ2) is 7.21. The van der Waals surface area contributed by atoms with Crippen LogP contribution in [0.4, 0.5) is 0 Å². The average Bonchev–Trinajstić information content (AvgIpc) is 3.38. The van der Waals surface area contributed by atoms with E-state index < -0.39 is 11.8 Å². The van der Waals surface area contributed by atoms with Crippen molar-refractivity contribution >= 4 is 23.5 Å². The molecule has 2 amide bonds. The highest BCUT2D eigenvalue weighted by Crippen LogP contribution is 2.24. The van der Waals surface area contributed by atoms with Gasteiger partial charge in [-0.25, -0.2) is 4.99 Å². The number of aliphatic imine (C=N–C) groups is 2. The maximum absolute atomic E-state index is 12.3. The fourth-order valence-electron chi connectivity index (χ4n) is 3.28. The summed E-state index contributed by atoms with van der Waals surface area (Å²) in [6, 6.07) is 6.58. The molecule has 1 aliphatic heterocycles. The lowest BCUT2D eigenvalue weighted by atomic mass is 10.1. The molecule has 0 aromatic heterocycles. The number of rotatable bonds is 3. The van der Waals surface area contributed by atoms with E-state index in [-0.39, 0.29) is 6.02 Å². The van der Waals surface area contributed by atoms with Gasteiger partial charge in [-0.2, -0.15) is 4.99 Å². The van der Waals surface area contributed by atoms with E-state index in [1.807, 2.05) is 6.08 Å². The van der Waals surface area contributed by atoms with Crippen LogP contribution in [0.3, 0.4) is 0 Å². The van der Waals surface area contributed by atoms with Crippen LogP contribution >= 0.6 is 0 Å². The van der Waals surface area contributed by atoms with Crippen LogP contribution in [0.25, 0.3) is 0 Å². The molecule has 1 saturated carbocycles. The van der Waals surface area contributed by atoms with Crippen molar-refractivity contribution in [3.05, 3.63) is 47.2 Å². The Kier molecular flexibility index (Phi) is 4.62. The molecule has 1 aromatic rings. The van der Waals surface area contributed by atoms with Gasteiger partial charge in [0.15, 0.2) is 0 Å². The van der Waals surface area contributed by atoms with Gasteiger partial charge >= 0.3 is 6.02 Å². The van der Waals surface area contributed by atoms with Crippen molar-refractivity contribution in [2.75, 3.05) is 0 Å². The Balaban J connectivity index is 1.51. The van der Waals surface area contributed by atoms with Crippen LogP contribution in [0, 0.1) is 0 Å². The van der Waals surface area contributed by atoms with Crippen LogP contribution in [0.5, 0.6) is 0 Å². The molecule has 1 fully saturated rings. The first-order valence-electron chi connectivity index (χ1n) is 8.89. The third-order valence-corrected chi connectivity index (χ3v) is 4.63. The maximum Gasteiger partial charge on any atom is 0.356 e. The number of amidine groups is 1. The predicted octanol–water partition coefficient (Wildman–Crippen LogP) is 3.58. The van der Waals surface area contributed by atoms with Crippen molar-refractivity contribution in [3.63, 3.8) is 0 Å². The van der Waals surface area contributed by atoms with Gasteiger partial charge in [0.05, 0.1) is 11.1 Å². The van der Waals surface area contributed by atoms with Gasteiger partial charge in [0.2, 0.25) is 0 Å². The molecule has 7 heteroatoms. The van der Waals surface area contributed by atoms with E-state index in [2.05, 4.69) is 9.98 Å². The van der Waals surface area contributed by atoms with E-state index in [9.17, 15) is 9.59 Å². The van der Waals surface area contributed by atoms with Crippen molar-refractivity contribution in [2.24, 2.45) is 9.98 Å². The van der Waals surface area contributed by atoms with Gasteiger partial charge in [-0.1, -0.05) is 18.2 Å². The highest BCUT2D eigenvalue weighted by atomic mass is 17.3. The van der Waals surface area contributed by atoms with E-state index in [4.69, 9.17) is 9.88 Å². The summed E-state index contributed by atoms with van der Waals surface area (Å²) < 4.78 is 0. The molecule has 26 heavy (non-hydrogen) atoms. The van der Waals surface area contributed by atoms with E-state index in [0.717, 1.165) is 56.4 Å². The smallest absolute Gasteiger partial charge is 0.271 e. The van der Waals surface area contributed by atoms with Gasteiger partial charge in [-0.15, -0.1) is 5.06 Å². The summed E-state index contributed by atoms with van der Waals surface area (Å²) >= 11 is 0. The molecule has 7 nitrogen and oxygen atoms in total. The molecule has 0 radical (unpaired) electrons. The Bertz CT molecular complexity index is 798. The summed E-state index contributed by atoms with van der Waals surface area (Å²) in [5, 5.41) is 0.609. The monoisotopic (exact) mass is 353 g/mol. The highest BCUT2D eigenvalue weighted by molar-refractivity contribution is 6.20. The molecule has 134 valence electrons. The molecular weight excluding hydrogens is 334 g/mol. The molecule has 1 aromatic carbocycles. The van der Waals surface area contributed by atoms with Crippen molar-refractivity contribution in [1.29, 1.82) is 0 Å². The number of hydroxylamine groups is 2. The van der Waals surface area contributed by atoms with Gasteiger partial charge in [0, 0.05) is 11.4 Å². The molecule has 2 aliphatic carbocycles. The number of hydrogen-bond acceptors (Lipinski definition) is 5. The van der Waals surface area contributed by atoms with Crippen LogP contribution < -0.4 is 0 Å². The zero-order valence-corrected chi connectivity index (χ0v) is 14.3. The molecule has 1 heterocycles. The fourth-order valence-corrected chi connectivity index (χ4v) is 3.28. The highest BCUT2D eigenvalue weighted by Gasteiger charge is 2.38. The minimum absolute atomic E-state index is 0.0339. The topological polar surface area (TPSA) is 80.6 Å². The Labute approximate surface area is 150 Å². The minimum Gasteiger partial charge on any atom is -0.271 e. The summed E-state index contributed by atoms with van der Waals surface area (Å²) in [4.78, 5) is 43.8. The Morgan fingerprint density at radius 2 is 1.65 bits per heavy atom. The van der Waals surface area contributed by atoms with Crippen molar-refractivity contribution in [1.82, 2.24) is 5.06 Å². The summed E-state index contributed by atoms with van der Waals surface area (Å²) in [5.41, 5.74) is 2.46. The number of amides is 2. The van der Waals surface area contributed by atoms with Gasteiger partial charge in [-0.3, -0.25) is 14.5 Å².